The summed E-state index contributed by atoms with van der Waals surface area (Å²) in [5, 5.41) is 10.7. The van der Waals surface area contributed by atoms with Crippen LogP contribution in [0.4, 0.5) is 9.52 Å². The number of halogens is 1. The molecule has 0 radical (unpaired) electrons. The van der Waals surface area contributed by atoms with E-state index in [1.54, 1.807) is 0 Å². The Labute approximate surface area is 152 Å². The Morgan fingerprint density at radius 3 is 2.54 bits per heavy atom. The number of aliphatic hydroxyl groups is 1. The van der Waals surface area contributed by atoms with E-state index < -0.39 is 29.3 Å². The molecule has 2 aromatic carbocycles. The van der Waals surface area contributed by atoms with Crippen molar-refractivity contribution in [2.45, 2.75) is 13.0 Å². The molecule has 1 atom stereocenters. The van der Waals surface area contributed by atoms with Crippen molar-refractivity contribution in [1.82, 2.24) is 4.98 Å². The lowest BCUT2D eigenvalue weighted by Gasteiger charge is -2.24. The number of rotatable bonds is 3. The van der Waals surface area contributed by atoms with E-state index in [9.17, 15) is 19.1 Å². The number of aliphatic hydroxyl groups excluding tert-OH is 1. The second-order valence-corrected chi connectivity index (χ2v) is 6.92. The van der Waals surface area contributed by atoms with Crippen molar-refractivity contribution >= 4 is 38.4 Å². The fourth-order valence-electron chi connectivity index (χ4n) is 3.09. The monoisotopic (exact) mass is 368 g/mol. The summed E-state index contributed by atoms with van der Waals surface area (Å²) in [7, 11) is 0. The molecule has 26 heavy (non-hydrogen) atoms. The molecule has 4 rings (SSSR count). The highest BCUT2D eigenvalue weighted by Gasteiger charge is 2.44. The first-order valence-corrected chi connectivity index (χ1v) is 8.67. The van der Waals surface area contributed by atoms with Crippen LogP contribution in [-0.2, 0) is 9.59 Å². The van der Waals surface area contributed by atoms with Crippen LogP contribution in [0.3, 0.4) is 0 Å². The lowest BCUT2D eigenvalue weighted by atomic mass is 9.97. The predicted octanol–water partition coefficient (Wildman–Crippen LogP) is 3.92. The number of benzene rings is 2. The molecule has 0 saturated carbocycles. The Bertz CT molecular complexity index is 1040. The average molecular weight is 368 g/mol. The number of nitrogens with zero attached hydrogens (tertiary/aromatic N) is 2. The van der Waals surface area contributed by atoms with Gasteiger partial charge >= 0.3 is 0 Å². The van der Waals surface area contributed by atoms with Gasteiger partial charge in [0.05, 0.1) is 21.8 Å². The van der Waals surface area contributed by atoms with E-state index in [4.69, 9.17) is 0 Å². The summed E-state index contributed by atoms with van der Waals surface area (Å²) in [4.78, 5) is 30.6. The molecule has 2 heterocycles. The maximum atomic E-state index is 13.3. The van der Waals surface area contributed by atoms with Crippen LogP contribution in [0.2, 0.25) is 0 Å². The van der Waals surface area contributed by atoms with Crippen LogP contribution < -0.4 is 4.90 Å². The Balaban J connectivity index is 1.90. The Kier molecular flexibility index (Phi) is 3.81. The molecule has 130 valence electrons. The molecule has 1 aliphatic rings. The minimum Gasteiger partial charge on any atom is -0.503 e. The molecule has 0 bridgehead atoms. The van der Waals surface area contributed by atoms with Crippen molar-refractivity contribution < 1.29 is 19.1 Å². The molecule has 1 aliphatic heterocycles. The molecular weight excluding hydrogens is 355 g/mol. The quantitative estimate of drug-likeness (QED) is 0.761. The molecule has 3 aromatic rings. The standard InChI is InChI=1S/C19H13FN2O3S/c1-10(23)15-16(11-6-8-12(20)9-7-11)22(18(25)17(15)24)19-21-13-4-2-3-5-14(13)26-19/h2-9,16,24H,1H3. The van der Waals surface area contributed by atoms with Crippen molar-refractivity contribution in [2.24, 2.45) is 0 Å². The normalized spacial score (nSPS) is 17.4. The first-order valence-electron chi connectivity index (χ1n) is 7.86. The topological polar surface area (TPSA) is 70.5 Å². The molecule has 0 spiro atoms. The minimum atomic E-state index is -0.846. The summed E-state index contributed by atoms with van der Waals surface area (Å²) in [6, 6.07) is 12.1. The highest BCUT2D eigenvalue weighted by molar-refractivity contribution is 7.22. The van der Waals surface area contributed by atoms with E-state index in [1.807, 2.05) is 24.3 Å². The summed E-state index contributed by atoms with van der Waals surface area (Å²) in [6.45, 7) is 1.29. The van der Waals surface area contributed by atoms with Crippen LogP contribution in [0.25, 0.3) is 10.2 Å². The van der Waals surface area contributed by atoms with E-state index in [0.717, 1.165) is 4.70 Å². The van der Waals surface area contributed by atoms with Crippen LogP contribution in [0.1, 0.15) is 18.5 Å². The molecule has 1 unspecified atom stereocenters. The van der Waals surface area contributed by atoms with Gasteiger partial charge in [0.1, 0.15) is 5.82 Å². The lowest BCUT2D eigenvalue weighted by molar-refractivity contribution is -0.117. The van der Waals surface area contributed by atoms with E-state index >= 15 is 0 Å². The van der Waals surface area contributed by atoms with Gasteiger partial charge in [-0.15, -0.1) is 0 Å². The van der Waals surface area contributed by atoms with Crippen LogP contribution in [0.15, 0.2) is 59.9 Å². The number of thiazole rings is 1. The number of ketones is 1. The summed E-state index contributed by atoms with van der Waals surface area (Å²) in [6.07, 6.45) is 0. The van der Waals surface area contributed by atoms with Gasteiger partial charge in [-0.2, -0.15) is 0 Å². The number of para-hydroxylation sites is 1. The predicted molar refractivity (Wildman–Crippen MR) is 96.6 cm³/mol. The third-order valence-corrected chi connectivity index (χ3v) is 5.30. The maximum Gasteiger partial charge on any atom is 0.296 e. The largest absolute Gasteiger partial charge is 0.503 e. The van der Waals surface area contributed by atoms with E-state index in [1.165, 1.54) is 47.4 Å². The van der Waals surface area contributed by atoms with Gasteiger partial charge in [0.2, 0.25) is 0 Å². The number of fused-ring (bicyclic) bond motifs is 1. The SMILES string of the molecule is CC(=O)C1=C(O)C(=O)N(c2nc3ccccc3s2)C1c1ccc(F)cc1. The molecule has 0 aliphatic carbocycles. The first-order chi connectivity index (χ1) is 12.5. The third-order valence-electron chi connectivity index (χ3n) is 4.26. The van der Waals surface area contributed by atoms with Gasteiger partial charge in [-0.3, -0.25) is 14.5 Å². The van der Waals surface area contributed by atoms with E-state index in [-0.39, 0.29) is 5.57 Å². The van der Waals surface area contributed by atoms with Gasteiger partial charge in [0.25, 0.3) is 5.91 Å². The number of anilines is 1. The molecule has 1 amide bonds. The van der Waals surface area contributed by atoms with Crippen molar-refractivity contribution in [2.75, 3.05) is 4.90 Å². The minimum absolute atomic E-state index is 0.0131. The molecule has 0 saturated heterocycles. The summed E-state index contributed by atoms with van der Waals surface area (Å²) in [5.74, 6) is -2.13. The van der Waals surface area contributed by atoms with Gasteiger partial charge in [0, 0.05) is 0 Å². The van der Waals surface area contributed by atoms with Crippen molar-refractivity contribution in [3.05, 3.63) is 71.2 Å². The number of hydrogen-bond acceptors (Lipinski definition) is 5. The zero-order chi connectivity index (χ0) is 18.4. The molecule has 5 nitrogen and oxygen atoms in total. The molecule has 1 N–H and O–H groups in total. The number of amides is 1. The zero-order valence-electron chi connectivity index (χ0n) is 13.6. The number of Topliss-reactive ketones (excluding diaryl/α,β-unsaturated/α-hetero) is 1. The van der Waals surface area contributed by atoms with Crippen LogP contribution >= 0.6 is 11.3 Å². The van der Waals surface area contributed by atoms with Crippen LogP contribution in [0, 0.1) is 5.82 Å². The highest BCUT2D eigenvalue weighted by Crippen LogP contribution is 2.43. The zero-order valence-corrected chi connectivity index (χ0v) is 14.5. The fraction of sp³-hybridized carbons (Fsp3) is 0.105. The maximum absolute atomic E-state index is 13.3. The van der Waals surface area contributed by atoms with Crippen molar-refractivity contribution in [3.8, 4) is 0 Å². The van der Waals surface area contributed by atoms with Crippen molar-refractivity contribution in [3.63, 3.8) is 0 Å². The van der Waals surface area contributed by atoms with Gasteiger partial charge in [-0.25, -0.2) is 9.37 Å². The van der Waals surface area contributed by atoms with E-state index in [2.05, 4.69) is 4.98 Å². The third kappa shape index (κ3) is 2.48. The van der Waals surface area contributed by atoms with Crippen LogP contribution in [-0.4, -0.2) is 21.8 Å². The highest BCUT2D eigenvalue weighted by atomic mass is 32.1. The smallest absolute Gasteiger partial charge is 0.296 e. The second kappa shape index (κ2) is 6.03. The number of carbonyl (C=O) groups is 2. The van der Waals surface area contributed by atoms with E-state index in [0.29, 0.717) is 16.2 Å². The van der Waals surface area contributed by atoms with Gasteiger partial charge < -0.3 is 5.11 Å². The van der Waals surface area contributed by atoms with Gasteiger partial charge in [-0.05, 0) is 36.8 Å². The Morgan fingerprint density at radius 1 is 1.19 bits per heavy atom. The Hall–Kier alpha value is -3.06. The summed E-state index contributed by atoms with van der Waals surface area (Å²) in [5.41, 5.74) is 1.23. The van der Waals surface area contributed by atoms with Gasteiger partial charge in [-0.1, -0.05) is 35.6 Å². The number of hydrogen-bond donors (Lipinski definition) is 1. The number of aromatic nitrogens is 1. The van der Waals surface area contributed by atoms with Crippen molar-refractivity contribution in [1.29, 1.82) is 0 Å². The second-order valence-electron chi connectivity index (χ2n) is 5.91. The average Bonchev–Trinajstić information content (AvgIpc) is 3.15. The Morgan fingerprint density at radius 2 is 1.88 bits per heavy atom. The number of carbonyl (C=O) groups excluding carboxylic acids is 2. The lowest BCUT2D eigenvalue weighted by Crippen LogP contribution is -2.30. The molecule has 7 heteroatoms. The molecule has 1 aromatic heterocycles. The fourth-order valence-corrected chi connectivity index (χ4v) is 4.08. The summed E-state index contributed by atoms with van der Waals surface area (Å²) < 4.78 is 14.2. The summed E-state index contributed by atoms with van der Waals surface area (Å²) >= 11 is 1.29. The molecule has 0 fully saturated rings. The van der Waals surface area contributed by atoms with Gasteiger partial charge in [0.15, 0.2) is 16.7 Å². The van der Waals surface area contributed by atoms with Crippen LogP contribution in [0.5, 0.6) is 0 Å². The molecular formula is C19H13FN2O3S. The first kappa shape index (κ1) is 16.4.